The lowest BCUT2D eigenvalue weighted by Gasteiger charge is -2.12. The lowest BCUT2D eigenvalue weighted by molar-refractivity contribution is 0.0155. The van der Waals surface area contributed by atoms with Crippen LogP contribution in [0.4, 0.5) is 0 Å². The van der Waals surface area contributed by atoms with E-state index < -0.39 is 0 Å². The fraction of sp³-hybridized carbons (Fsp3) is 0.520. The number of ether oxygens (including phenoxy) is 1. The molecule has 1 unspecified atom stereocenters. The zero-order valence-electron chi connectivity index (χ0n) is 17.4. The molecule has 0 fully saturated rings. The number of rotatable bonds is 17. The van der Waals surface area contributed by atoms with Crippen molar-refractivity contribution in [2.75, 3.05) is 13.2 Å². The van der Waals surface area contributed by atoms with Crippen molar-refractivity contribution >= 4 is 0 Å². The maximum absolute atomic E-state index is 9.21. The smallest absolute Gasteiger partial charge is 0.0840 e. The van der Waals surface area contributed by atoms with E-state index in [1.54, 1.807) is 0 Å². The monoisotopic (exact) mass is 372 g/mol. The van der Waals surface area contributed by atoms with Gasteiger partial charge in [0, 0.05) is 6.61 Å². The van der Waals surface area contributed by atoms with Gasteiger partial charge in [-0.05, 0) is 51.4 Å². The molecule has 0 aromatic heterocycles. The van der Waals surface area contributed by atoms with E-state index >= 15 is 0 Å². The van der Waals surface area contributed by atoms with E-state index in [9.17, 15) is 5.11 Å². The molecule has 2 heteroatoms. The number of aliphatic hydroxyl groups is 1. The molecule has 1 atom stereocenters. The van der Waals surface area contributed by atoms with Crippen molar-refractivity contribution in [3.63, 3.8) is 0 Å². The Morgan fingerprint density at radius 3 is 1.41 bits per heavy atom. The molecule has 0 amide bonds. The van der Waals surface area contributed by atoms with E-state index in [0.717, 1.165) is 51.4 Å². The third kappa shape index (κ3) is 20.5. The van der Waals surface area contributed by atoms with Crippen LogP contribution in [-0.4, -0.2) is 24.4 Å². The van der Waals surface area contributed by atoms with Crippen molar-refractivity contribution in [2.45, 2.75) is 71.3 Å². The molecular weight excluding hydrogens is 332 g/mol. The van der Waals surface area contributed by atoms with Crippen molar-refractivity contribution in [3.8, 4) is 0 Å². The van der Waals surface area contributed by atoms with Gasteiger partial charge in [-0.1, -0.05) is 86.8 Å². The third-order valence-corrected chi connectivity index (χ3v) is 3.76. The van der Waals surface area contributed by atoms with Crippen molar-refractivity contribution in [1.29, 1.82) is 0 Å². The van der Waals surface area contributed by atoms with Gasteiger partial charge in [0.2, 0.25) is 0 Å². The Kier molecular flexibility index (Phi) is 21.0. The standard InChI is InChI=1S/C25H40O2/c1-3-5-6-7-8-9-10-11-12-13-14-15-16-17-18-19-20-21-22-25(24-26)27-23-4-2/h5-6,8-9,11-12,14-15,17-18,20-21,25-26H,3-4,7,10,13,16,19,22-24H2,1-2H3. The molecule has 0 spiro atoms. The average Bonchev–Trinajstić information content (AvgIpc) is 2.69. The second-order valence-electron chi connectivity index (χ2n) is 6.33. The van der Waals surface area contributed by atoms with Crippen LogP contribution in [0.2, 0.25) is 0 Å². The summed E-state index contributed by atoms with van der Waals surface area (Å²) in [7, 11) is 0. The Labute approximate surface area is 167 Å². The second-order valence-corrected chi connectivity index (χ2v) is 6.33. The topological polar surface area (TPSA) is 29.5 Å². The molecule has 0 aliphatic carbocycles. The molecule has 0 saturated heterocycles. The zero-order valence-corrected chi connectivity index (χ0v) is 17.4. The van der Waals surface area contributed by atoms with Crippen LogP contribution in [0.15, 0.2) is 72.9 Å². The molecule has 1 N–H and O–H groups in total. The molecule has 0 radical (unpaired) electrons. The van der Waals surface area contributed by atoms with Crippen LogP contribution in [0, 0.1) is 0 Å². The third-order valence-electron chi connectivity index (χ3n) is 3.76. The highest BCUT2D eigenvalue weighted by atomic mass is 16.5. The van der Waals surface area contributed by atoms with E-state index in [0.29, 0.717) is 6.61 Å². The summed E-state index contributed by atoms with van der Waals surface area (Å²) in [5.74, 6) is 0. The van der Waals surface area contributed by atoms with Gasteiger partial charge < -0.3 is 9.84 Å². The number of hydrogen-bond donors (Lipinski definition) is 1. The summed E-state index contributed by atoms with van der Waals surface area (Å²) in [5.41, 5.74) is 0. The Balaban J connectivity index is 3.63. The molecule has 0 aliphatic rings. The van der Waals surface area contributed by atoms with Crippen molar-refractivity contribution in [2.24, 2.45) is 0 Å². The van der Waals surface area contributed by atoms with Crippen molar-refractivity contribution < 1.29 is 9.84 Å². The molecule has 2 nitrogen and oxygen atoms in total. The quantitative estimate of drug-likeness (QED) is 0.283. The van der Waals surface area contributed by atoms with Gasteiger partial charge in [0.25, 0.3) is 0 Å². The highest BCUT2D eigenvalue weighted by Gasteiger charge is 2.03. The van der Waals surface area contributed by atoms with E-state index in [1.165, 1.54) is 0 Å². The number of aliphatic hydroxyl groups excluding tert-OH is 1. The van der Waals surface area contributed by atoms with Gasteiger partial charge in [-0.25, -0.2) is 0 Å². The van der Waals surface area contributed by atoms with Gasteiger partial charge in [0.15, 0.2) is 0 Å². The lowest BCUT2D eigenvalue weighted by Crippen LogP contribution is -2.17. The molecule has 0 heterocycles. The summed E-state index contributed by atoms with van der Waals surface area (Å²) in [6.45, 7) is 5.04. The van der Waals surface area contributed by atoms with E-state index in [-0.39, 0.29) is 12.7 Å². The first-order valence-electron chi connectivity index (χ1n) is 10.5. The van der Waals surface area contributed by atoms with Crippen LogP contribution in [0.3, 0.4) is 0 Å². The Bertz CT molecular complexity index is 467. The number of allylic oxidation sites excluding steroid dienone is 11. The van der Waals surface area contributed by atoms with E-state index in [2.05, 4.69) is 86.8 Å². The van der Waals surface area contributed by atoms with Crippen LogP contribution >= 0.6 is 0 Å². The average molecular weight is 373 g/mol. The summed E-state index contributed by atoms with van der Waals surface area (Å²) < 4.78 is 5.53. The molecule has 0 aromatic carbocycles. The van der Waals surface area contributed by atoms with E-state index in [4.69, 9.17) is 4.74 Å². The highest BCUT2D eigenvalue weighted by molar-refractivity contribution is 5.01. The summed E-state index contributed by atoms with van der Waals surface area (Å²) in [5, 5.41) is 9.21. The molecule has 27 heavy (non-hydrogen) atoms. The summed E-state index contributed by atoms with van der Waals surface area (Å²) in [4.78, 5) is 0. The van der Waals surface area contributed by atoms with Gasteiger partial charge in [-0.2, -0.15) is 0 Å². The largest absolute Gasteiger partial charge is 0.394 e. The first-order chi connectivity index (χ1) is 13.3. The van der Waals surface area contributed by atoms with Crippen molar-refractivity contribution in [1.82, 2.24) is 0 Å². The van der Waals surface area contributed by atoms with Gasteiger partial charge in [0.1, 0.15) is 0 Å². The van der Waals surface area contributed by atoms with Crippen LogP contribution in [0.5, 0.6) is 0 Å². The first-order valence-corrected chi connectivity index (χ1v) is 10.5. The van der Waals surface area contributed by atoms with Crippen LogP contribution in [0.1, 0.15) is 65.2 Å². The van der Waals surface area contributed by atoms with Crippen LogP contribution < -0.4 is 0 Å². The lowest BCUT2D eigenvalue weighted by atomic mass is 10.2. The highest BCUT2D eigenvalue weighted by Crippen LogP contribution is 2.01. The van der Waals surface area contributed by atoms with Crippen LogP contribution in [-0.2, 0) is 4.74 Å². The van der Waals surface area contributed by atoms with Gasteiger partial charge in [-0.3, -0.25) is 0 Å². The summed E-state index contributed by atoms with van der Waals surface area (Å²) in [6, 6.07) is 0. The molecule has 0 bridgehead atoms. The minimum atomic E-state index is -0.0606. The predicted molar refractivity (Wildman–Crippen MR) is 120 cm³/mol. The molecule has 152 valence electrons. The maximum Gasteiger partial charge on any atom is 0.0840 e. The molecule has 0 saturated carbocycles. The Morgan fingerprint density at radius 1 is 0.630 bits per heavy atom. The van der Waals surface area contributed by atoms with Crippen LogP contribution in [0.25, 0.3) is 0 Å². The molecular formula is C25H40O2. The predicted octanol–water partition coefficient (Wildman–Crippen LogP) is 6.86. The molecule has 0 aromatic rings. The SMILES string of the molecule is CCC=CCC=CCC=CCC=CCC=CCC=CCC(CO)OCCC. The minimum absolute atomic E-state index is 0.0606. The van der Waals surface area contributed by atoms with Gasteiger partial charge >= 0.3 is 0 Å². The summed E-state index contributed by atoms with van der Waals surface area (Å²) in [6.07, 6.45) is 34.1. The van der Waals surface area contributed by atoms with Gasteiger partial charge in [0.05, 0.1) is 12.7 Å². The Morgan fingerprint density at radius 2 is 1.04 bits per heavy atom. The maximum atomic E-state index is 9.21. The van der Waals surface area contributed by atoms with E-state index in [1.807, 2.05) is 0 Å². The molecule has 0 rings (SSSR count). The van der Waals surface area contributed by atoms with Crippen molar-refractivity contribution in [3.05, 3.63) is 72.9 Å². The normalized spacial score (nSPS) is 14.3. The fourth-order valence-corrected chi connectivity index (χ4v) is 2.25. The zero-order chi connectivity index (χ0) is 19.8. The second kappa shape index (κ2) is 22.4. The Hall–Kier alpha value is -1.64. The first kappa shape index (κ1) is 25.4. The molecule has 0 aliphatic heterocycles. The summed E-state index contributed by atoms with van der Waals surface area (Å²) >= 11 is 0. The number of hydrogen-bond acceptors (Lipinski definition) is 2. The minimum Gasteiger partial charge on any atom is -0.394 e. The fourth-order valence-electron chi connectivity index (χ4n) is 2.25. The van der Waals surface area contributed by atoms with Gasteiger partial charge in [-0.15, -0.1) is 0 Å².